The van der Waals surface area contributed by atoms with Crippen molar-refractivity contribution in [1.29, 1.82) is 0 Å². The van der Waals surface area contributed by atoms with E-state index in [1.54, 1.807) is 6.92 Å². The number of nitro groups is 1. The first kappa shape index (κ1) is 21.2. The summed E-state index contributed by atoms with van der Waals surface area (Å²) in [6.45, 7) is 3.21. The van der Waals surface area contributed by atoms with Gasteiger partial charge >= 0.3 is 11.9 Å². The second-order valence-corrected chi connectivity index (χ2v) is 4.82. The molecule has 0 fully saturated rings. The van der Waals surface area contributed by atoms with Crippen molar-refractivity contribution in [2.24, 2.45) is 0 Å². The standard InChI is InChI=1S/C16H21NO9/c1-4-23-16(19)12-9-14(26-8-7-24-11(2)18)15(25-6-5-22-3)10-13(12)17(20)21/h9-10H,4-8H2,1-3H3. The van der Waals surface area contributed by atoms with Crippen LogP contribution >= 0.6 is 0 Å². The van der Waals surface area contributed by atoms with Crippen molar-refractivity contribution in [1.82, 2.24) is 0 Å². The second kappa shape index (κ2) is 10.9. The Morgan fingerprint density at radius 2 is 1.65 bits per heavy atom. The minimum atomic E-state index is -0.854. The van der Waals surface area contributed by atoms with Crippen LogP contribution in [0.15, 0.2) is 12.1 Å². The van der Waals surface area contributed by atoms with Gasteiger partial charge in [0.2, 0.25) is 0 Å². The number of hydrogen-bond donors (Lipinski definition) is 0. The topological polar surface area (TPSA) is 123 Å². The zero-order valence-corrected chi connectivity index (χ0v) is 14.8. The Morgan fingerprint density at radius 3 is 2.19 bits per heavy atom. The molecule has 0 bridgehead atoms. The first-order chi connectivity index (χ1) is 12.4. The summed E-state index contributed by atoms with van der Waals surface area (Å²) >= 11 is 0. The van der Waals surface area contributed by atoms with E-state index in [0.29, 0.717) is 0 Å². The molecule has 10 heteroatoms. The summed E-state index contributed by atoms with van der Waals surface area (Å²) in [6, 6.07) is 2.26. The maximum absolute atomic E-state index is 12.0. The van der Waals surface area contributed by atoms with Gasteiger partial charge in [-0.05, 0) is 6.92 Å². The van der Waals surface area contributed by atoms with E-state index in [0.717, 1.165) is 6.07 Å². The van der Waals surface area contributed by atoms with Gasteiger partial charge in [0.15, 0.2) is 11.5 Å². The number of nitrogens with zero attached hydrogens (tertiary/aromatic N) is 1. The summed E-state index contributed by atoms with van der Waals surface area (Å²) in [7, 11) is 1.48. The molecule has 26 heavy (non-hydrogen) atoms. The van der Waals surface area contributed by atoms with Gasteiger partial charge in [0.1, 0.15) is 25.4 Å². The summed E-state index contributed by atoms with van der Waals surface area (Å²) in [5.74, 6) is -1.18. The van der Waals surface area contributed by atoms with E-state index < -0.39 is 22.5 Å². The Balaban J connectivity index is 3.13. The van der Waals surface area contributed by atoms with Crippen molar-refractivity contribution < 1.29 is 38.2 Å². The van der Waals surface area contributed by atoms with E-state index in [1.165, 1.54) is 20.1 Å². The molecule has 0 radical (unpaired) electrons. The molecule has 0 unspecified atom stereocenters. The third-order valence-electron chi connectivity index (χ3n) is 2.95. The van der Waals surface area contributed by atoms with Gasteiger partial charge in [0.05, 0.1) is 24.2 Å². The molecule has 0 aliphatic heterocycles. The van der Waals surface area contributed by atoms with Crippen molar-refractivity contribution in [3.63, 3.8) is 0 Å². The van der Waals surface area contributed by atoms with Crippen LogP contribution in [0.3, 0.4) is 0 Å². The van der Waals surface area contributed by atoms with E-state index in [1.807, 2.05) is 0 Å². The second-order valence-electron chi connectivity index (χ2n) is 4.82. The average molecular weight is 371 g/mol. The van der Waals surface area contributed by atoms with Crippen molar-refractivity contribution >= 4 is 17.6 Å². The molecule has 0 N–H and O–H groups in total. The molecule has 1 aromatic rings. The van der Waals surface area contributed by atoms with Crippen LogP contribution in [0.2, 0.25) is 0 Å². The van der Waals surface area contributed by atoms with E-state index >= 15 is 0 Å². The largest absolute Gasteiger partial charge is 0.487 e. The molecule has 144 valence electrons. The van der Waals surface area contributed by atoms with E-state index in [4.69, 9.17) is 23.7 Å². The van der Waals surface area contributed by atoms with E-state index in [2.05, 4.69) is 0 Å². The molecule has 0 aliphatic carbocycles. The number of ether oxygens (including phenoxy) is 5. The van der Waals surface area contributed by atoms with Crippen LogP contribution in [-0.2, 0) is 19.0 Å². The van der Waals surface area contributed by atoms with Gasteiger partial charge in [-0.2, -0.15) is 0 Å². The first-order valence-corrected chi connectivity index (χ1v) is 7.78. The highest BCUT2D eigenvalue weighted by atomic mass is 16.6. The Hall–Kier alpha value is -2.88. The molecule has 0 heterocycles. The summed E-state index contributed by atoms with van der Waals surface area (Å²) in [6.07, 6.45) is 0. The Morgan fingerprint density at radius 1 is 1.04 bits per heavy atom. The number of carbonyl (C=O) groups excluding carboxylic acids is 2. The lowest BCUT2D eigenvalue weighted by molar-refractivity contribution is -0.385. The fraction of sp³-hybridized carbons (Fsp3) is 0.500. The molecule has 0 aliphatic rings. The zero-order valence-electron chi connectivity index (χ0n) is 14.8. The molecule has 1 rings (SSSR count). The molecule has 0 saturated heterocycles. The quantitative estimate of drug-likeness (QED) is 0.247. The average Bonchev–Trinajstić information content (AvgIpc) is 2.59. The van der Waals surface area contributed by atoms with Crippen molar-refractivity contribution in [3.05, 3.63) is 27.8 Å². The first-order valence-electron chi connectivity index (χ1n) is 7.78. The Labute approximate surface area is 150 Å². The smallest absolute Gasteiger partial charge is 0.345 e. The number of rotatable bonds is 11. The molecule has 1 aromatic carbocycles. The van der Waals surface area contributed by atoms with E-state index in [-0.39, 0.29) is 50.1 Å². The van der Waals surface area contributed by atoms with Gasteiger partial charge < -0.3 is 23.7 Å². The lowest BCUT2D eigenvalue weighted by Gasteiger charge is -2.14. The monoisotopic (exact) mass is 371 g/mol. The van der Waals surface area contributed by atoms with Crippen LogP contribution in [0.1, 0.15) is 24.2 Å². The SMILES string of the molecule is CCOC(=O)c1cc(OCCOC(C)=O)c(OCCOC)cc1[N+](=O)[O-]. The van der Waals surface area contributed by atoms with Crippen LogP contribution in [-0.4, -0.2) is 57.0 Å². The van der Waals surface area contributed by atoms with Crippen LogP contribution in [0.4, 0.5) is 5.69 Å². The summed E-state index contributed by atoms with van der Waals surface area (Å²) < 4.78 is 25.3. The number of carbonyl (C=O) groups is 2. The molecule has 0 saturated carbocycles. The maximum atomic E-state index is 12.0. The highest BCUT2D eigenvalue weighted by Gasteiger charge is 2.26. The maximum Gasteiger partial charge on any atom is 0.345 e. The predicted octanol–water partition coefficient (Wildman–Crippen LogP) is 1.74. The minimum absolute atomic E-state index is 0.0275. The normalized spacial score (nSPS) is 10.1. The molecular weight excluding hydrogens is 350 g/mol. The van der Waals surface area contributed by atoms with Crippen LogP contribution in [0, 0.1) is 10.1 Å². The summed E-state index contributed by atoms with van der Waals surface area (Å²) in [5.41, 5.74) is -0.735. The lowest BCUT2D eigenvalue weighted by atomic mass is 10.1. The zero-order chi connectivity index (χ0) is 19.5. The third kappa shape index (κ3) is 6.55. The Bertz CT molecular complexity index is 645. The van der Waals surface area contributed by atoms with Gasteiger partial charge in [0, 0.05) is 20.1 Å². The highest BCUT2D eigenvalue weighted by Crippen LogP contribution is 2.35. The Kier molecular flexibility index (Phi) is 8.85. The van der Waals surface area contributed by atoms with Gasteiger partial charge in [-0.15, -0.1) is 0 Å². The number of nitro benzene ring substituents is 1. The molecule has 0 aromatic heterocycles. The molecule has 0 amide bonds. The minimum Gasteiger partial charge on any atom is -0.487 e. The van der Waals surface area contributed by atoms with Crippen molar-refractivity contribution in [2.45, 2.75) is 13.8 Å². The van der Waals surface area contributed by atoms with Crippen LogP contribution in [0.25, 0.3) is 0 Å². The number of benzene rings is 1. The fourth-order valence-electron chi connectivity index (χ4n) is 1.87. The molecule has 0 atom stereocenters. The summed E-state index contributed by atoms with van der Waals surface area (Å²) in [5, 5.41) is 11.3. The van der Waals surface area contributed by atoms with Crippen LogP contribution in [0.5, 0.6) is 11.5 Å². The van der Waals surface area contributed by atoms with Crippen molar-refractivity contribution in [3.8, 4) is 11.5 Å². The van der Waals surface area contributed by atoms with Crippen LogP contribution < -0.4 is 9.47 Å². The lowest BCUT2D eigenvalue weighted by Crippen LogP contribution is -2.13. The highest BCUT2D eigenvalue weighted by molar-refractivity contribution is 5.95. The molecular formula is C16H21NO9. The van der Waals surface area contributed by atoms with Gasteiger partial charge in [-0.25, -0.2) is 4.79 Å². The van der Waals surface area contributed by atoms with Gasteiger partial charge in [0.25, 0.3) is 5.69 Å². The molecule has 0 spiro atoms. The predicted molar refractivity (Wildman–Crippen MR) is 88.6 cm³/mol. The van der Waals surface area contributed by atoms with E-state index in [9.17, 15) is 19.7 Å². The molecule has 10 nitrogen and oxygen atoms in total. The summed E-state index contributed by atoms with van der Waals surface area (Å²) in [4.78, 5) is 33.3. The fourth-order valence-corrected chi connectivity index (χ4v) is 1.87. The van der Waals surface area contributed by atoms with Gasteiger partial charge in [-0.3, -0.25) is 14.9 Å². The number of methoxy groups -OCH3 is 1. The number of esters is 2. The van der Waals surface area contributed by atoms with Crippen molar-refractivity contribution in [2.75, 3.05) is 40.1 Å². The number of hydrogen-bond acceptors (Lipinski definition) is 9. The third-order valence-corrected chi connectivity index (χ3v) is 2.95. The van der Waals surface area contributed by atoms with Gasteiger partial charge in [-0.1, -0.05) is 0 Å².